The van der Waals surface area contributed by atoms with Crippen molar-refractivity contribution in [2.24, 2.45) is 0 Å². The van der Waals surface area contributed by atoms with Crippen LogP contribution >= 0.6 is 11.3 Å². The number of nitrogens with zero attached hydrogens (tertiary/aromatic N) is 1. The van der Waals surface area contributed by atoms with E-state index in [9.17, 15) is 10.1 Å². The van der Waals surface area contributed by atoms with Gasteiger partial charge in [0.05, 0.1) is 18.8 Å². The van der Waals surface area contributed by atoms with E-state index in [4.69, 9.17) is 9.47 Å². The molecule has 0 aliphatic heterocycles. The van der Waals surface area contributed by atoms with Crippen molar-refractivity contribution in [3.63, 3.8) is 0 Å². The van der Waals surface area contributed by atoms with Crippen LogP contribution in [-0.4, -0.2) is 19.1 Å². The van der Waals surface area contributed by atoms with E-state index in [-0.39, 0.29) is 12.0 Å². The Labute approximate surface area is 169 Å². The van der Waals surface area contributed by atoms with Gasteiger partial charge in [-0.1, -0.05) is 6.07 Å². The first-order chi connectivity index (χ1) is 13.5. The van der Waals surface area contributed by atoms with Gasteiger partial charge in [0.15, 0.2) is 11.5 Å². The molecule has 0 atom stereocenters. The van der Waals surface area contributed by atoms with Crippen LogP contribution < -0.4 is 14.8 Å². The number of ether oxygens (including phenoxy) is 2. The van der Waals surface area contributed by atoms with Crippen molar-refractivity contribution in [3.05, 3.63) is 45.8 Å². The smallest absolute Gasteiger partial charge is 0.249 e. The van der Waals surface area contributed by atoms with Crippen molar-refractivity contribution in [3.8, 4) is 17.6 Å². The molecule has 0 bridgehead atoms. The maximum absolute atomic E-state index is 12.4. The summed E-state index contributed by atoms with van der Waals surface area (Å²) in [5.74, 6) is 1.03. The molecule has 1 N–H and O–H groups in total. The van der Waals surface area contributed by atoms with E-state index in [1.54, 1.807) is 13.2 Å². The number of fused-ring (bicyclic) bond motifs is 1. The number of hydrogen-bond acceptors (Lipinski definition) is 5. The highest BCUT2D eigenvalue weighted by molar-refractivity contribution is 7.16. The summed E-state index contributed by atoms with van der Waals surface area (Å²) in [6.07, 6.45) is 7.39. The quantitative estimate of drug-likeness (QED) is 0.702. The molecule has 2 aromatic rings. The van der Waals surface area contributed by atoms with E-state index < -0.39 is 0 Å². The first kappa shape index (κ1) is 20.0. The SMILES string of the molecule is COc1cc(C=CC(=O)Nc2sc3c(c2C#N)CCCC3)ccc1OC(C)C. The fourth-order valence-electron chi connectivity index (χ4n) is 3.24. The molecule has 0 saturated heterocycles. The van der Waals surface area contributed by atoms with Gasteiger partial charge < -0.3 is 14.8 Å². The van der Waals surface area contributed by atoms with E-state index in [0.29, 0.717) is 22.1 Å². The van der Waals surface area contributed by atoms with Crippen LogP contribution in [0.3, 0.4) is 0 Å². The van der Waals surface area contributed by atoms with Crippen molar-refractivity contribution in [2.45, 2.75) is 45.6 Å². The van der Waals surface area contributed by atoms with Crippen LogP contribution in [-0.2, 0) is 17.6 Å². The summed E-state index contributed by atoms with van der Waals surface area (Å²) in [7, 11) is 1.59. The zero-order chi connectivity index (χ0) is 20.1. The zero-order valence-electron chi connectivity index (χ0n) is 16.4. The molecule has 0 saturated carbocycles. The monoisotopic (exact) mass is 396 g/mol. The van der Waals surface area contributed by atoms with E-state index in [0.717, 1.165) is 36.8 Å². The number of benzene rings is 1. The van der Waals surface area contributed by atoms with E-state index in [1.807, 2.05) is 32.0 Å². The Morgan fingerprint density at radius 1 is 1.29 bits per heavy atom. The van der Waals surface area contributed by atoms with Gasteiger partial charge >= 0.3 is 0 Å². The van der Waals surface area contributed by atoms with Gasteiger partial charge in [-0.2, -0.15) is 5.26 Å². The third-order valence-corrected chi connectivity index (χ3v) is 5.70. The number of nitrogens with one attached hydrogen (secondary N) is 1. The van der Waals surface area contributed by atoms with Gasteiger partial charge in [-0.05, 0) is 68.9 Å². The summed E-state index contributed by atoms with van der Waals surface area (Å²) in [5, 5.41) is 13.0. The zero-order valence-corrected chi connectivity index (χ0v) is 17.2. The molecule has 1 aromatic carbocycles. The number of amides is 1. The molecule has 1 aromatic heterocycles. The lowest BCUT2D eigenvalue weighted by Gasteiger charge is -2.13. The average Bonchev–Trinajstić information content (AvgIpc) is 3.03. The van der Waals surface area contributed by atoms with Crippen molar-refractivity contribution < 1.29 is 14.3 Å². The minimum atomic E-state index is -0.253. The fourth-order valence-corrected chi connectivity index (χ4v) is 4.48. The first-order valence-corrected chi connectivity index (χ1v) is 10.2. The molecule has 1 aliphatic rings. The van der Waals surface area contributed by atoms with Crippen LogP contribution in [0.2, 0.25) is 0 Å². The van der Waals surface area contributed by atoms with Crippen LogP contribution in [0.25, 0.3) is 6.08 Å². The molecule has 1 aliphatic carbocycles. The summed E-state index contributed by atoms with van der Waals surface area (Å²) in [4.78, 5) is 13.6. The van der Waals surface area contributed by atoms with Crippen LogP contribution in [0.4, 0.5) is 5.00 Å². The fraction of sp³-hybridized carbons (Fsp3) is 0.364. The van der Waals surface area contributed by atoms with Crippen LogP contribution in [0.5, 0.6) is 11.5 Å². The third-order valence-electron chi connectivity index (χ3n) is 4.50. The summed E-state index contributed by atoms with van der Waals surface area (Å²) in [6.45, 7) is 3.91. The Morgan fingerprint density at radius 2 is 2.07 bits per heavy atom. The molecular weight excluding hydrogens is 372 g/mol. The standard InChI is InChI=1S/C22H24N2O3S/c1-14(2)27-18-10-8-15(12-19(18)26-3)9-11-21(25)24-22-17(13-23)16-6-4-5-7-20(16)28-22/h8-12,14H,4-7H2,1-3H3,(H,24,25). The molecule has 0 spiro atoms. The van der Waals surface area contributed by atoms with Crippen molar-refractivity contribution in [2.75, 3.05) is 12.4 Å². The van der Waals surface area contributed by atoms with Gasteiger partial charge in [-0.3, -0.25) is 4.79 Å². The number of carbonyl (C=O) groups excluding carboxylic acids is 1. The Bertz CT molecular complexity index is 938. The number of thiophene rings is 1. The lowest BCUT2D eigenvalue weighted by atomic mass is 9.96. The number of anilines is 1. The number of aryl methyl sites for hydroxylation is 1. The minimum Gasteiger partial charge on any atom is -0.493 e. The summed E-state index contributed by atoms with van der Waals surface area (Å²) < 4.78 is 11.1. The number of nitriles is 1. The molecular formula is C22H24N2O3S. The molecule has 0 fully saturated rings. The van der Waals surface area contributed by atoms with E-state index >= 15 is 0 Å². The maximum Gasteiger partial charge on any atom is 0.249 e. The van der Waals surface area contributed by atoms with Crippen molar-refractivity contribution in [1.29, 1.82) is 5.26 Å². The highest BCUT2D eigenvalue weighted by Crippen LogP contribution is 2.37. The lowest BCUT2D eigenvalue weighted by Crippen LogP contribution is -2.08. The second-order valence-electron chi connectivity index (χ2n) is 6.93. The third kappa shape index (κ3) is 4.55. The molecule has 146 valence electrons. The predicted octanol–water partition coefficient (Wildman–Crippen LogP) is 4.95. The highest BCUT2D eigenvalue weighted by atomic mass is 32.1. The largest absolute Gasteiger partial charge is 0.493 e. The number of methoxy groups -OCH3 is 1. The molecule has 3 rings (SSSR count). The van der Waals surface area contributed by atoms with Crippen molar-refractivity contribution >= 4 is 28.3 Å². The lowest BCUT2D eigenvalue weighted by molar-refractivity contribution is -0.111. The van der Waals surface area contributed by atoms with Crippen molar-refractivity contribution in [1.82, 2.24) is 0 Å². The summed E-state index contributed by atoms with van der Waals surface area (Å²) in [6, 6.07) is 7.79. The highest BCUT2D eigenvalue weighted by Gasteiger charge is 2.21. The summed E-state index contributed by atoms with van der Waals surface area (Å²) in [5.41, 5.74) is 2.57. The second kappa shape index (κ2) is 8.94. The van der Waals surface area contributed by atoms with Gasteiger partial charge in [-0.15, -0.1) is 11.3 Å². The van der Waals surface area contributed by atoms with Crippen LogP contribution in [0, 0.1) is 11.3 Å². The van der Waals surface area contributed by atoms with Gasteiger partial charge in [0.25, 0.3) is 0 Å². The Balaban J connectivity index is 1.72. The van der Waals surface area contributed by atoms with Gasteiger partial charge in [0.1, 0.15) is 11.1 Å². The topological polar surface area (TPSA) is 71.3 Å². The molecule has 5 nitrogen and oxygen atoms in total. The second-order valence-corrected chi connectivity index (χ2v) is 8.03. The van der Waals surface area contributed by atoms with Crippen LogP contribution in [0.15, 0.2) is 24.3 Å². The molecule has 6 heteroatoms. The molecule has 28 heavy (non-hydrogen) atoms. The Kier molecular flexibility index (Phi) is 6.37. The molecule has 1 amide bonds. The Hall–Kier alpha value is -2.78. The molecule has 0 unspecified atom stereocenters. The van der Waals surface area contributed by atoms with Gasteiger partial charge in [0.2, 0.25) is 5.91 Å². The normalized spacial score (nSPS) is 13.2. The average molecular weight is 397 g/mol. The number of carbonyl (C=O) groups is 1. The molecule has 0 radical (unpaired) electrons. The molecule has 1 heterocycles. The van der Waals surface area contributed by atoms with Gasteiger partial charge in [-0.25, -0.2) is 0 Å². The van der Waals surface area contributed by atoms with E-state index in [1.165, 1.54) is 22.3 Å². The van der Waals surface area contributed by atoms with Gasteiger partial charge in [0, 0.05) is 11.0 Å². The Morgan fingerprint density at radius 3 is 2.79 bits per heavy atom. The summed E-state index contributed by atoms with van der Waals surface area (Å²) >= 11 is 1.53. The predicted molar refractivity (Wildman–Crippen MR) is 112 cm³/mol. The minimum absolute atomic E-state index is 0.0482. The number of hydrogen-bond donors (Lipinski definition) is 1. The van der Waals surface area contributed by atoms with Crippen LogP contribution in [0.1, 0.15) is 48.3 Å². The maximum atomic E-state index is 12.4. The van der Waals surface area contributed by atoms with E-state index in [2.05, 4.69) is 11.4 Å². The first-order valence-electron chi connectivity index (χ1n) is 9.40. The number of rotatable bonds is 6.